The number of carbonyl (C=O) groups is 2. The number of hydrogen-bond acceptors (Lipinski definition) is 5. The van der Waals surface area contributed by atoms with Gasteiger partial charge in [0, 0.05) is 42.9 Å². The summed E-state index contributed by atoms with van der Waals surface area (Å²) < 4.78 is 5.39. The zero-order chi connectivity index (χ0) is 27.5. The van der Waals surface area contributed by atoms with Crippen LogP contribution in [0.5, 0.6) is 5.75 Å². The van der Waals surface area contributed by atoms with E-state index in [1.165, 1.54) is 5.69 Å². The SMILES string of the molecule is CCC(=O)N1c2ccccc2NC2=C(C(=O)C[C@H](c3ccc(N(CC)CC)cc3)C2)[C@@H]1c1ccc(OC)cc1. The fourth-order valence-corrected chi connectivity index (χ4v) is 5.92. The van der Waals surface area contributed by atoms with Gasteiger partial charge >= 0.3 is 0 Å². The molecule has 3 aromatic rings. The summed E-state index contributed by atoms with van der Waals surface area (Å²) in [4.78, 5) is 31.7. The standard InChI is InChI=1S/C33H37N3O3/c1-5-31(38)36-29-11-9-8-10-27(29)34-28-20-24(22-12-16-25(17-13-22)35(6-2)7-3)21-30(37)32(28)33(36)23-14-18-26(39-4)19-15-23/h8-19,24,33-34H,5-7,20-21H2,1-4H3/t24-,33+/m1/s1. The van der Waals surface area contributed by atoms with Crippen molar-refractivity contribution in [1.82, 2.24) is 0 Å². The molecule has 0 fully saturated rings. The van der Waals surface area contributed by atoms with Crippen molar-refractivity contribution >= 4 is 28.8 Å². The van der Waals surface area contributed by atoms with Gasteiger partial charge < -0.3 is 15.0 Å². The molecule has 1 aliphatic heterocycles. The first-order valence-corrected chi connectivity index (χ1v) is 13.9. The zero-order valence-corrected chi connectivity index (χ0v) is 23.2. The van der Waals surface area contributed by atoms with E-state index in [2.05, 4.69) is 48.3 Å². The summed E-state index contributed by atoms with van der Waals surface area (Å²) in [7, 11) is 1.63. The van der Waals surface area contributed by atoms with Crippen LogP contribution < -0.4 is 19.9 Å². The van der Waals surface area contributed by atoms with Crippen molar-refractivity contribution in [3.8, 4) is 5.75 Å². The lowest BCUT2D eigenvalue weighted by Crippen LogP contribution is -2.38. The van der Waals surface area contributed by atoms with Gasteiger partial charge in [0.25, 0.3) is 0 Å². The second kappa shape index (κ2) is 11.4. The van der Waals surface area contributed by atoms with Gasteiger partial charge in [0.1, 0.15) is 5.75 Å². The van der Waals surface area contributed by atoms with Gasteiger partial charge in [0.05, 0.1) is 24.5 Å². The van der Waals surface area contributed by atoms with Crippen molar-refractivity contribution in [2.75, 3.05) is 35.3 Å². The molecule has 0 saturated heterocycles. The third-order valence-electron chi connectivity index (χ3n) is 7.98. The molecule has 39 heavy (non-hydrogen) atoms. The predicted molar refractivity (Wildman–Crippen MR) is 158 cm³/mol. The molecule has 0 spiro atoms. The number of anilines is 3. The Morgan fingerprint density at radius 1 is 0.923 bits per heavy atom. The van der Waals surface area contributed by atoms with Crippen LogP contribution in [0.1, 0.15) is 63.1 Å². The van der Waals surface area contributed by atoms with Gasteiger partial charge in [-0.3, -0.25) is 14.5 Å². The molecule has 1 amide bonds. The first-order chi connectivity index (χ1) is 19.0. The summed E-state index contributed by atoms with van der Waals surface area (Å²) in [6, 6.07) is 23.7. The minimum atomic E-state index is -0.520. The lowest BCUT2D eigenvalue weighted by atomic mass is 9.78. The highest BCUT2D eigenvalue weighted by Crippen LogP contribution is 2.47. The molecule has 0 saturated carbocycles. The summed E-state index contributed by atoms with van der Waals surface area (Å²) in [5.74, 6) is 0.841. The number of rotatable bonds is 7. The molecule has 0 unspecified atom stereocenters. The van der Waals surface area contributed by atoms with Crippen molar-refractivity contribution in [2.45, 2.75) is 52.0 Å². The molecular weight excluding hydrogens is 486 g/mol. The number of Topliss-reactive ketones (excluding diaryl/α,β-unsaturated/α-hetero) is 1. The van der Waals surface area contributed by atoms with Crippen LogP contribution in [0.4, 0.5) is 17.1 Å². The highest BCUT2D eigenvalue weighted by molar-refractivity contribution is 6.06. The van der Waals surface area contributed by atoms with E-state index in [-0.39, 0.29) is 17.6 Å². The van der Waals surface area contributed by atoms with Crippen molar-refractivity contribution in [2.24, 2.45) is 0 Å². The van der Waals surface area contributed by atoms with Crippen LogP contribution in [0.2, 0.25) is 0 Å². The van der Waals surface area contributed by atoms with Gasteiger partial charge in [0.15, 0.2) is 5.78 Å². The number of para-hydroxylation sites is 2. The highest BCUT2D eigenvalue weighted by Gasteiger charge is 2.41. The largest absolute Gasteiger partial charge is 0.497 e. The number of allylic oxidation sites excluding steroid dienone is 1. The van der Waals surface area contributed by atoms with E-state index in [0.717, 1.165) is 47.0 Å². The van der Waals surface area contributed by atoms with E-state index < -0.39 is 6.04 Å². The van der Waals surface area contributed by atoms with E-state index in [9.17, 15) is 9.59 Å². The van der Waals surface area contributed by atoms with Crippen molar-refractivity contribution < 1.29 is 14.3 Å². The Labute approximate surface area is 231 Å². The Kier molecular flexibility index (Phi) is 7.73. The lowest BCUT2D eigenvalue weighted by Gasteiger charge is -2.35. The quantitative estimate of drug-likeness (QED) is 0.367. The summed E-state index contributed by atoms with van der Waals surface area (Å²) in [5, 5.41) is 3.60. The molecule has 2 atom stereocenters. The van der Waals surface area contributed by atoms with E-state index in [4.69, 9.17) is 4.74 Å². The molecule has 2 aliphatic rings. The number of methoxy groups -OCH3 is 1. The maximum absolute atomic E-state index is 14.1. The average Bonchev–Trinajstić information content (AvgIpc) is 3.12. The summed E-state index contributed by atoms with van der Waals surface area (Å²) >= 11 is 0. The molecule has 202 valence electrons. The van der Waals surface area contributed by atoms with E-state index in [1.807, 2.05) is 60.4 Å². The summed E-state index contributed by atoms with van der Waals surface area (Å²) in [6.07, 6.45) is 1.43. The average molecular weight is 524 g/mol. The van der Waals surface area contributed by atoms with E-state index in [0.29, 0.717) is 24.8 Å². The fourth-order valence-electron chi connectivity index (χ4n) is 5.92. The number of carbonyl (C=O) groups excluding carboxylic acids is 2. The number of hydrogen-bond donors (Lipinski definition) is 1. The normalized spacial score (nSPS) is 18.6. The Morgan fingerprint density at radius 3 is 2.23 bits per heavy atom. The first-order valence-electron chi connectivity index (χ1n) is 13.9. The van der Waals surface area contributed by atoms with Gasteiger partial charge in [-0.05, 0) is 73.7 Å². The van der Waals surface area contributed by atoms with E-state index >= 15 is 0 Å². The number of ketones is 1. The molecule has 1 aliphatic carbocycles. The maximum atomic E-state index is 14.1. The smallest absolute Gasteiger partial charge is 0.227 e. The molecule has 0 bridgehead atoms. The maximum Gasteiger partial charge on any atom is 0.227 e. The Balaban J connectivity index is 1.61. The van der Waals surface area contributed by atoms with Gasteiger partial charge in [0.2, 0.25) is 5.91 Å². The van der Waals surface area contributed by atoms with Gasteiger partial charge in [-0.15, -0.1) is 0 Å². The van der Waals surface area contributed by atoms with Gasteiger partial charge in [-0.1, -0.05) is 43.3 Å². The minimum absolute atomic E-state index is 0.0271. The van der Waals surface area contributed by atoms with Crippen molar-refractivity contribution in [3.05, 3.63) is 95.2 Å². The lowest BCUT2D eigenvalue weighted by molar-refractivity contribution is -0.119. The van der Waals surface area contributed by atoms with Crippen LogP contribution in [-0.4, -0.2) is 31.9 Å². The third-order valence-corrected chi connectivity index (χ3v) is 7.98. The topological polar surface area (TPSA) is 61.9 Å². The minimum Gasteiger partial charge on any atom is -0.497 e. The number of benzene rings is 3. The number of ether oxygens (including phenoxy) is 1. The molecule has 0 aromatic heterocycles. The van der Waals surface area contributed by atoms with Crippen LogP contribution in [0.15, 0.2) is 84.1 Å². The molecule has 3 aromatic carbocycles. The molecule has 6 heteroatoms. The second-order valence-corrected chi connectivity index (χ2v) is 10.1. The second-order valence-electron chi connectivity index (χ2n) is 10.1. The fraction of sp³-hybridized carbons (Fsp3) is 0.333. The Hall–Kier alpha value is -4.06. The van der Waals surface area contributed by atoms with Crippen LogP contribution in [-0.2, 0) is 9.59 Å². The van der Waals surface area contributed by atoms with Crippen molar-refractivity contribution in [1.29, 1.82) is 0 Å². The molecule has 6 nitrogen and oxygen atoms in total. The third kappa shape index (κ3) is 5.03. The number of fused-ring (bicyclic) bond motifs is 1. The molecule has 1 heterocycles. The number of nitrogens with one attached hydrogen (secondary N) is 1. The molecule has 1 N–H and O–H groups in total. The van der Waals surface area contributed by atoms with Crippen LogP contribution in [0.25, 0.3) is 0 Å². The monoisotopic (exact) mass is 523 g/mol. The first kappa shape index (κ1) is 26.5. The van der Waals surface area contributed by atoms with Crippen LogP contribution in [0.3, 0.4) is 0 Å². The summed E-state index contributed by atoms with van der Waals surface area (Å²) in [5.41, 5.74) is 6.44. The number of amides is 1. The summed E-state index contributed by atoms with van der Waals surface area (Å²) in [6.45, 7) is 8.09. The molecule has 5 rings (SSSR count). The van der Waals surface area contributed by atoms with Gasteiger partial charge in [-0.25, -0.2) is 0 Å². The number of nitrogens with zero attached hydrogens (tertiary/aromatic N) is 2. The van der Waals surface area contributed by atoms with Crippen LogP contribution >= 0.6 is 0 Å². The van der Waals surface area contributed by atoms with E-state index in [1.54, 1.807) is 7.11 Å². The van der Waals surface area contributed by atoms with Crippen molar-refractivity contribution in [3.63, 3.8) is 0 Å². The van der Waals surface area contributed by atoms with Gasteiger partial charge in [-0.2, -0.15) is 0 Å². The Morgan fingerprint density at radius 2 is 1.59 bits per heavy atom. The zero-order valence-electron chi connectivity index (χ0n) is 23.2. The Bertz CT molecular complexity index is 1370. The molecular formula is C33H37N3O3. The molecule has 0 radical (unpaired) electrons. The highest BCUT2D eigenvalue weighted by atomic mass is 16.5. The predicted octanol–water partition coefficient (Wildman–Crippen LogP) is 6.85. The van der Waals surface area contributed by atoms with Crippen LogP contribution in [0, 0.1) is 0 Å².